The second-order valence-electron chi connectivity index (χ2n) is 6.53. The van der Waals surface area contributed by atoms with Crippen molar-refractivity contribution in [3.05, 3.63) is 0 Å². The van der Waals surface area contributed by atoms with Crippen LogP contribution in [-0.2, 0) is 0 Å². The van der Waals surface area contributed by atoms with Crippen LogP contribution in [0.15, 0.2) is 0 Å². The molecule has 0 amide bonds. The minimum absolute atomic E-state index is 0.914. The highest BCUT2D eigenvalue weighted by molar-refractivity contribution is 4.92. The lowest BCUT2D eigenvalue weighted by molar-refractivity contribution is 0.00483. The van der Waals surface area contributed by atoms with Crippen LogP contribution in [0.5, 0.6) is 0 Å². The highest BCUT2D eigenvalue weighted by Crippen LogP contribution is 2.37. The van der Waals surface area contributed by atoms with E-state index in [-0.39, 0.29) is 0 Å². The van der Waals surface area contributed by atoms with Gasteiger partial charge in [-0.1, -0.05) is 12.8 Å². The van der Waals surface area contributed by atoms with E-state index in [1.807, 2.05) is 0 Å². The zero-order valence-corrected chi connectivity index (χ0v) is 11.4. The second kappa shape index (κ2) is 5.27. The van der Waals surface area contributed by atoms with Crippen LogP contribution < -0.4 is 0 Å². The Bertz CT molecular complexity index is 243. The molecule has 3 rings (SSSR count). The van der Waals surface area contributed by atoms with Gasteiger partial charge in [-0.05, 0) is 71.1 Å². The zero-order valence-electron chi connectivity index (χ0n) is 11.4. The number of hydrogen-bond donors (Lipinski definition) is 0. The smallest absolute Gasteiger partial charge is 0.0126 e. The molecule has 2 atom stereocenters. The van der Waals surface area contributed by atoms with Crippen molar-refractivity contribution >= 4 is 0 Å². The molecule has 1 aliphatic carbocycles. The van der Waals surface area contributed by atoms with E-state index in [4.69, 9.17) is 0 Å². The third kappa shape index (κ3) is 2.53. The van der Waals surface area contributed by atoms with Gasteiger partial charge in [-0.25, -0.2) is 0 Å². The van der Waals surface area contributed by atoms with Gasteiger partial charge in [0.1, 0.15) is 0 Å². The van der Waals surface area contributed by atoms with E-state index in [0.29, 0.717) is 0 Å². The molecule has 0 bridgehead atoms. The number of likely N-dealkylation sites (tertiary alicyclic amines) is 2. The monoisotopic (exact) mass is 236 g/mol. The molecule has 0 radical (unpaired) electrons. The van der Waals surface area contributed by atoms with Crippen LogP contribution in [0, 0.1) is 5.92 Å². The summed E-state index contributed by atoms with van der Waals surface area (Å²) in [5.41, 5.74) is 0. The maximum absolute atomic E-state index is 2.93. The predicted octanol–water partition coefficient (Wildman–Crippen LogP) is 2.74. The van der Waals surface area contributed by atoms with E-state index in [1.165, 1.54) is 71.0 Å². The van der Waals surface area contributed by atoms with Crippen LogP contribution in [0.25, 0.3) is 0 Å². The first-order valence-corrected chi connectivity index (χ1v) is 7.79. The third-order valence-electron chi connectivity index (χ3n) is 5.44. The fourth-order valence-corrected chi connectivity index (χ4v) is 4.44. The van der Waals surface area contributed by atoms with Gasteiger partial charge in [0.15, 0.2) is 0 Å². The van der Waals surface area contributed by atoms with Crippen molar-refractivity contribution in [1.29, 1.82) is 0 Å². The summed E-state index contributed by atoms with van der Waals surface area (Å²) in [7, 11) is 2.27. The Labute approximate surface area is 106 Å². The van der Waals surface area contributed by atoms with E-state index in [0.717, 1.165) is 18.0 Å². The molecule has 0 aromatic heterocycles. The molecule has 1 saturated carbocycles. The number of fused-ring (bicyclic) bond motifs is 1. The summed E-state index contributed by atoms with van der Waals surface area (Å²) in [6.45, 7) is 4.03. The first-order valence-electron chi connectivity index (χ1n) is 7.79. The van der Waals surface area contributed by atoms with Crippen LogP contribution in [0.1, 0.15) is 51.4 Å². The van der Waals surface area contributed by atoms with E-state index in [1.54, 1.807) is 0 Å². The van der Waals surface area contributed by atoms with E-state index in [2.05, 4.69) is 16.8 Å². The summed E-state index contributed by atoms with van der Waals surface area (Å²) in [5, 5.41) is 0. The first kappa shape index (κ1) is 12.0. The molecule has 3 aliphatic rings. The van der Waals surface area contributed by atoms with Gasteiger partial charge in [-0.2, -0.15) is 0 Å². The minimum Gasteiger partial charge on any atom is -0.306 e. The van der Waals surface area contributed by atoms with Gasteiger partial charge in [-0.15, -0.1) is 0 Å². The van der Waals surface area contributed by atoms with Crippen LogP contribution in [0.2, 0.25) is 0 Å². The Morgan fingerprint density at radius 1 is 0.765 bits per heavy atom. The zero-order chi connectivity index (χ0) is 11.7. The van der Waals surface area contributed by atoms with Crippen LogP contribution in [-0.4, -0.2) is 48.6 Å². The van der Waals surface area contributed by atoms with Gasteiger partial charge in [-0.3, -0.25) is 4.90 Å². The third-order valence-corrected chi connectivity index (χ3v) is 5.44. The quantitative estimate of drug-likeness (QED) is 0.691. The Hall–Kier alpha value is -0.0800. The lowest BCUT2D eigenvalue weighted by Crippen LogP contribution is -2.54. The van der Waals surface area contributed by atoms with Crippen molar-refractivity contribution in [2.24, 2.45) is 5.92 Å². The lowest BCUT2D eigenvalue weighted by atomic mass is 9.77. The molecule has 0 unspecified atom stereocenters. The van der Waals surface area contributed by atoms with Crippen LogP contribution in [0.4, 0.5) is 0 Å². The highest BCUT2D eigenvalue weighted by Gasteiger charge is 2.37. The molecule has 0 spiro atoms. The van der Waals surface area contributed by atoms with E-state index >= 15 is 0 Å². The van der Waals surface area contributed by atoms with Crippen molar-refractivity contribution in [3.63, 3.8) is 0 Å². The average Bonchev–Trinajstić information content (AvgIpc) is 2.39. The lowest BCUT2D eigenvalue weighted by Gasteiger charge is -2.49. The summed E-state index contributed by atoms with van der Waals surface area (Å²) in [6, 6.07) is 1.88. The van der Waals surface area contributed by atoms with Gasteiger partial charge in [0.05, 0.1) is 0 Å². The van der Waals surface area contributed by atoms with E-state index in [9.17, 15) is 0 Å². The van der Waals surface area contributed by atoms with Crippen molar-refractivity contribution in [2.75, 3.05) is 26.7 Å². The van der Waals surface area contributed by atoms with Crippen molar-refractivity contribution in [3.8, 4) is 0 Å². The Morgan fingerprint density at radius 3 is 2.29 bits per heavy atom. The molecule has 17 heavy (non-hydrogen) atoms. The van der Waals surface area contributed by atoms with Crippen LogP contribution >= 0.6 is 0 Å². The molecular weight excluding hydrogens is 208 g/mol. The Morgan fingerprint density at radius 2 is 1.47 bits per heavy atom. The predicted molar refractivity (Wildman–Crippen MR) is 72.2 cm³/mol. The molecule has 2 nitrogen and oxygen atoms in total. The maximum atomic E-state index is 2.93. The molecule has 98 valence electrons. The summed E-state index contributed by atoms with van der Waals surface area (Å²) < 4.78 is 0. The fraction of sp³-hybridized carbons (Fsp3) is 1.00. The van der Waals surface area contributed by atoms with Crippen molar-refractivity contribution in [2.45, 2.75) is 63.5 Å². The number of piperidine rings is 2. The summed E-state index contributed by atoms with van der Waals surface area (Å²) in [5.74, 6) is 1.05. The van der Waals surface area contributed by atoms with Gasteiger partial charge in [0.2, 0.25) is 0 Å². The number of hydrogen-bond acceptors (Lipinski definition) is 2. The highest BCUT2D eigenvalue weighted by atomic mass is 15.2. The van der Waals surface area contributed by atoms with Gasteiger partial charge >= 0.3 is 0 Å². The van der Waals surface area contributed by atoms with Gasteiger partial charge < -0.3 is 4.90 Å². The minimum atomic E-state index is 0.914. The van der Waals surface area contributed by atoms with Gasteiger partial charge in [0, 0.05) is 12.1 Å². The second-order valence-corrected chi connectivity index (χ2v) is 6.53. The molecule has 2 aliphatic heterocycles. The number of nitrogens with zero attached hydrogens (tertiary/aromatic N) is 2. The SMILES string of the molecule is CN1CCC(N2CCC[C@H]3CCCC[C@H]32)CC1. The van der Waals surface area contributed by atoms with Crippen molar-refractivity contribution < 1.29 is 0 Å². The molecule has 2 saturated heterocycles. The Balaban J connectivity index is 1.64. The number of rotatable bonds is 1. The molecule has 3 fully saturated rings. The summed E-state index contributed by atoms with van der Waals surface area (Å²) in [4.78, 5) is 5.43. The molecule has 2 heteroatoms. The molecule has 2 heterocycles. The average molecular weight is 236 g/mol. The largest absolute Gasteiger partial charge is 0.306 e. The Kier molecular flexibility index (Phi) is 3.72. The summed E-state index contributed by atoms with van der Waals surface area (Å²) in [6.07, 6.45) is 11.8. The topological polar surface area (TPSA) is 6.48 Å². The van der Waals surface area contributed by atoms with Crippen molar-refractivity contribution in [1.82, 2.24) is 9.80 Å². The molecule has 0 aromatic carbocycles. The standard InChI is InChI=1S/C15H28N2/c1-16-11-8-14(9-12-16)17-10-4-6-13-5-2-3-7-15(13)17/h13-15H,2-12H2,1H3/t13-,15-/m1/s1. The van der Waals surface area contributed by atoms with Gasteiger partial charge in [0.25, 0.3) is 0 Å². The first-order chi connectivity index (χ1) is 8.34. The molecule has 0 aromatic rings. The molecular formula is C15H28N2. The summed E-state index contributed by atoms with van der Waals surface area (Å²) >= 11 is 0. The molecule has 0 N–H and O–H groups in total. The maximum Gasteiger partial charge on any atom is 0.0126 e. The van der Waals surface area contributed by atoms with E-state index < -0.39 is 0 Å². The normalized spacial score (nSPS) is 37.9. The van der Waals surface area contributed by atoms with Crippen LogP contribution in [0.3, 0.4) is 0 Å². The fourth-order valence-electron chi connectivity index (χ4n) is 4.44.